The van der Waals surface area contributed by atoms with Gasteiger partial charge in [-0.3, -0.25) is 9.48 Å². The lowest BCUT2D eigenvalue weighted by Crippen LogP contribution is -2.18. The van der Waals surface area contributed by atoms with Crippen molar-refractivity contribution in [1.29, 1.82) is 0 Å². The zero-order chi connectivity index (χ0) is 18.8. The molecule has 0 atom stereocenters. The molecule has 0 saturated carbocycles. The number of nitrogens with one attached hydrogen (secondary N) is 1. The van der Waals surface area contributed by atoms with Gasteiger partial charge in [-0.25, -0.2) is 9.97 Å². The van der Waals surface area contributed by atoms with E-state index in [4.69, 9.17) is 0 Å². The first-order valence-electron chi connectivity index (χ1n) is 8.36. The van der Waals surface area contributed by atoms with Crippen LogP contribution in [0.5, 0.6) is 0 Å². The minimum absolute atomic E-state index is 0.139. The van der Waals surface area contributed by atoms with E-state index < -0.39 is 0 Å². The minimum atomic E-state index is -0.157. The highest BCUT2D eigenvalue weighted by atomic mass is 32.1. The Morgan fingerprint density at radius 2 is 1.96 bits per heavy atom. The number of rotatable bonds is 5. The van der Waals surface area contributed by atoms with Crippen LogP contribution in [0, 0.1) is 13.8 Å². The molecular weight excluding hydrogens is 378 g/mol. The van der Waals surface area contributed by atoms with E-state index in [2.05, 4.69) is 20.4 Å². The minimum Gasteiger partial charge on any atom is -0.300 e. The van der Waals surface area contributed by atoms with Crippen LogP contribution >= 0.6 is 22.7 Å². The smallest absolute Gasteiger partial charge is 0.247 e. The molecule has 0 aliphatic heterocycles. The van der Waals surface area contributed by atoms with E-state index in [1.165, 1.54) is 11.3 Å². The lowest BCUT2D eigenvalue weighted by molar-refractivity contribution is -0.116. The van der Waals surface area contributed by atoms with Gasteiger partial charge >= 0.3 is 0 Å². The Bertz CT molecular complexity index is 1080. The van der Waals surface area contributed by atoms with Gasteiger partial charge in [-0.15, -0.1) is 22.7 Å². The maximum atomic E-state index is 12.3. The third-order valence-corrected chi connectivity index (χ3v) is 5.79. The van der Waals surface area contributed by atoms with Gasteiger partial charge in [0.05, 0.1) is 27.5 Å². The second kappa shape index (κ2) is 7.42. The first-order chi connectivity index (χ1) is 13.1. The van der Waals surface area contributed by atoms with Crippen molar-refractivity contribution >= 4 is 33.7 Å². The second-order valence-electron chi connectivity index (χ2n) is 6.03. The molecule has 1 aromatic carbocycles. The van der Waals surface area contributed by atoms with Crippen molar-refractivity contribution in [2.45, 2.75) is 20.4 Å². The number of amides is 1. The molecule has 0 aliphatic rings. The number of aromatic nitrogens is 4. The lowest BCUT2D eigenvalue weighted by atomic mass is 10.1. The van der Waals surface area contributed by atoms with Gasteiger partial charge < -0.3 is 5.32 Å². The van der Waals surface area contributed by atoms with E-state index in [-0.39, 0.29) is 12.5 Å². The van der Waals surface area contributed by atoms with Crippen LogP contribution in [0.1, 0.15) is 10.7 Å². The van der Waals surface area contributed by atoms with E-state index in [1.807, 2.05) is 55.8 Å². The third-order valence-electron chi connectivity index (χ3n) is 3.93. The number of nitrogens with zero attached hydrogens (tertiary/aromatic N) is 4. The molecule has 4 rings (SSSR count). The van der Waals surface area contributed by atoms with Crippen molar-refractivity contribution in [3.05, 3.63) is 58.8 Å². The van der Waals surface area contributed by atoms with E-state index >= 15 is 0 Å². The lowest BCUT2D eigenvalue weighted by Gasteiger charge is -2.02. The molecule has 3 aromatic heterocycles. The molecule has 0 unspecified atom stereocenters. The fourth-order valence-electron chi connectivity index (χ4n) is 2.74. The molecule has 0 saturated heterocycles. The Labute approximate surface area is 164 Å². The monoisotopic (exact) mass is 395 g/mol. The summed E-state index contributed by atoms with van der Waals surface area (Å²) in [5.41, 5.74) is 3.87. The first kappa shape index (κ1) is 17.6. The topological polar surface area (TPSA) is 72.7 Å². The normalized spacial score (nSPS) is 10.9. The van der Waals surface area contributed by atoms with E-state index in [9.17, 15) is 4.79 Å². The average Bonchev–Trinajstić information content (AvgIpc) is 3.36. The van der Waals surface area contributed by atoms with Crippen molar-refractivity contribution in [3.8, 4) is 21.7 Å². The number of hydrogen-bond donors (Lipinski definition) is 1. The van der Waals surface area contributed by atoms with E-state index in [0.717, 1.165) is 32.4 Å². The van der Waals surface area contributed by atoms with Crippen molar-refractivity contribution in [1.82, 2.24) is 19.7 Å². The van der Waals surface area contributed by atoms with Crippen LogP contribution in [0.3, 0.4) is 0 Å². The summed E-state index contributed by atoms with van der Waals surface area (Å²) in [5.74, 6) is -0.157. The predicted octanol–water partition coefficient (Wildman–Crippen LogP) is 4.39. The standard InChI is InChI=1S/C19H17N5OS2/c1-12-18(27-13(2)21-12)16-11-26-19(22-16)23-17(25)10-24-9-15(8-20-24)14-6-4-3-5-7-14/h3-9,11H,10H2,1-2H3,(H,22,23,25). The Hall–Kier alpha value is -2.84. The number of carbonyl (C=O) groups is 1. The summed E-state index contributed by atoms with van der Waals surface area (Å²) in [7, 11) is 0. The van der Waals surface area contributed by atoms with Gasteiger partial charge in [0, 0.05) is 17.1 Å². The number of thiazole rings is 2. The molecule has 1 N–H and O–H groups in total. The summed E-state index contributed by atoms with van der Waals surface area (Å²) in [6.07, 6.45) is 3.63. The van der Waals surface area contributed by atoms with Gasteiger partial charge in [0.25, 0.3) is 0 Å². The largest absolute Gasteiger partial charge is 0.300 e. The van der Waals surface area contributed by atoms with Crippen LogP contribution in [-0.4, -0.2) is 25.7 Å². The maximum absolute atomic E-state index is 12.3. The van der Waals surface area contributed by atoms with Crippen LogP contribution in [0.4, 0.5) is 5.13 Å². The van der Waals surface area contributed by atoms with Gasteiger partial charge in [-0.1, -0.05) is 30.3 Å². The number of hydrogen-bond acceptors (Lipinski definition) is 6. The molecule has 4 aromatic rings. The Morgan fingerprint density at radius 3 is 2.70 bits per heavy atom. The molecule has 0 spiro atoms. The fraction of sp³-hybridized carbons (Fsp3) is 0.158. The highest BCUT2D eigenvalue weighted by molar-refractivity contribution is 7.16. The number of benzene rings is 1. The molecule has 136 valence electrons. The summed E-state index contributed by atoms with van der Waals surface area (Å²) in [6.45, 7) is 4.09. The average molecular weight is 396 g/mol. The van der Waals surface area contributed by atoms with Crippen LogP contribution in [0.2, 0.25) is 0 Å². The quantitative estimate of drug-likeness (QED) is 0.544. The van der Waals surface area contributed by atoms with Crippen LogP contribution < -0.4 is 5.32 Å². The Morgan fingerprint density at radius 1 is 1.15 bits per heavy atom. The molecule has 0 radical (unpaired) electrons. The zero-order valence-electron chi connectivity index (χ0n) is 14.8. The van der Waals surface area contributed by atoms with Gasteiger partial charge in [0.2, 0.25) is 5.91 Å². The van der Waals surface area contributed by atoms with Gasteiger partial charge in [-0.05, 0) is 19.4 Å². The van der Waals surface area contributed by atoms with Gasteiger partial charge in [-0.2, -0.15) is 5.10 Å². The fourth-order valence-corrected chi connectivity index (χ4v) is 4.41. The second-order valence-corrected chi connectivity index (χ2v) is 8.09. The molecule has 6 nitrogen and oxygen atoms in total. The molecule has 27 heavy (non-hydrogen) atoms. The molecule has 0 bridgehead atoms. The highest BCUT2D eigenvalue weighted by Gasteiger charge is 2.13. The summed E-state index contributed by atoms with van der Waals surface area (Å²) >= 11 is 3.02. The molecule has 3 heterocycles. The van der Waals surface area contributed by atoms with E-state index in [0.29, 0.717) is 5.13 Å². The number of anilines is 1. The number of carbonyl (C=O) groups excluding carboxylic acids is 1. The Kier molecular flexibility index (Phi) is 4.83. The third kappa shape index (κ3) is 3.96. The van der Waals surface area contributed by atoms with Crippen LogP contribution in [-0.2, 0) is 11.3 Å². The van der Waals surface area contributed by atoms with Crippen LogP contribution in [0.15, 0.2) is 48.1 Å². The summed E-state index contributed by atoms with van der Waals surface area (Å²) in [6, 6.07) is 9.96. The Balaban J connectivity index is 1.42. The zero-order valence-corrected chi connectivity index (χ0v) is 16.5. The first-order valence-corrected chi connectivity index (χ1v) is 10.1. The van der Waals surface area contributed by atoms with Gasteiger partial charge in [0.15, 0.2) is 5.13 Å². The molecular formula is C19H17N5OS2. The van der Waals surface area contributed by atoms with Crippen LogP contribution in [0.25, 0.3) is 21.7 Å². The highest BCUT2D eigenvalue weighted by Crippen LogP contribution is 2.32. The predicted molar refractivity (Wildman–Crippen MR) is 109 cm³/mol. The van der Waals surface area contributed by atoms with Crippen molar-refractivity contribution in [2.75, 3.05) is 5.32 Å². The van der Waals surface area contributed by atoms with Crippen molar-refractivity contribution < 1.29 is 4.79 Å². The molecule has 8 heteroatoms. The summed E-state index contributed by atoms with van der Waals surface area (Å²) < 4.78 is 1.63. The maximum Gasteiger partial charge on any atom is 0.247 e. The van der Waals surface area contributed by atoms with Gasteiger partial charge in [0.1, 0.15) is 6.54 Å². The molecule has 0 fully saturated rings. The molecule has 0 aliphatic carbocycles. The van der Waals surface area contributed by atoms with Crippen molar-refractivity contribution in [3.63, 3.8) is 0 Å². The van der Waals surface area contributed by atoms with Crippen molar-refractivity contribution in [2.24, 2.45) is 0 Å². The molecule has 1 amide bonds. The number of aryl methyl sites for hydroxylation is 2. The summed E-state index contributed by atoms with van der Waals surface area (Å²) in [4.78, 5) is 22.3. The van der Waals surface area contributed by atoms with E-state index in [1.54, 1.807) is 22.2 Å². The SMILES string of the molecule is Cc1nc(C)c(-c2csc(NC(=O)Cn3cc(-c4ccccc4)cn3)n2)s1. The summed E-state index contributed by atoms with van der Waals surface area (Å²) in [5, 5.41) is 10.7.